The number of nitrogens with one attached hydrogen (secondary N) is 2. The Kier molecular flexibility index (Phi) is 9.98. The van der Waals surface area contributed by atoms with Gasteiger partial charge in [-0.3, -0.25) is 19.4 Å². The standard InChI is InChI=1S/C45H52N6O6Si/c1-56-40(52)22-33(27-9-10-27)43(53)50-19-5-6-38(50)36-21-34-32-17-15-30(20-31(32)16-18-35(34)47-36)26-7-11-28(12-8-26)37-23-46-42(48-37)39-24-58(3,4)25-51(39)44(54)41(29-13-14-29)49-45(55)57-2/h7-8,11-12,15-18,20,23,27,29,33,38-39,41H,5-6,9-10,13-14,19,21-22,24-25H2,1-4H3,(H,46,48)(H,49,55)/t33-,38-,39-,41-/m0/s1. The maximum atomic E-state index is 13.9. The van der Waals surface area contributed by atoms with Crippen LogP contribution in [0.4, 0.5) is 10.5 Å². The van der Waals surface area contributed by atoms with E-state index >= 15 is 0 Å². The summed E-state index contributed by atoms with van der Waals surface area (Å²) in [5, 5.41) is 5.13. The Bertz CT molecular complexity index is 2310. The molecule has 2 saturated carbocycles. The first-order chi connectivity index (χ1) is 28.0. The number of carbonyl (C=O) groups excluding carboxylic acids is 4. The van der Waals surface area contributed by atoms with Crippen LogP contribution >= 0.6 is 0 Å². The van der Waals surface area contributed by atoms with Gasteiger partial charge in [-0.1, -0.05) is 55.6 Å². The third kappa shape index (κ3) is 7.44. The maximum Gasteiger partial charge on any atom is 0.407 e. The van der Waals surface area contributed by atoms with Crippen molar-refractivity contribution in [3.63, 3.8) is 0 Å². The number of nitrogens with zero attached hydrogens (tertiary/aromatic N) is 4. The van der Waals surface area contributed by atoms with E-state index < -0.39 is 20.2 Å². The Hall–Kier alpha value is -5.30. The van der Waals surface area contributed by atoms with Crippen molar-refractivity contribution in [2.24, 2.45) is 22.7 Å². The molecule has 13 heteroatoms. The number of carbonyl (C=O) groups is 4. The summed E-state index contributed by atoms with van der Waals surface area (Å²) in [6.07, 6.45) is 8.52. The molecule has 0 radical (unpaired) electrons. The van der Waals surface area contributed by atoms with Crippen LogP contribution in [-0.2, 0) is 30.3 Å². The lowest BCUT2D eigenvalue weighted by Gasteiger charge is -2.29. The number of rotatable bonds is 11. The summed E-state index contributed by atoms with van der Waals surface area (Å²) in [4.78, 5) is 69.4. The fourth-order valence-electron chi connectivity index (χ4n) is 9.64. The van der Waals surface area contributed by atoms with E-state index in [4.69, 9.17) is 19.5 Å². The van der Waals surface area contributed by atoms with E-state index in [2.05, 4.69) is 78.0 Å². The Morgan fingerprint density at radius 2 is 1.60 bits per heavy atom. The molecular formula is C45H52N6O6Si. The molecule has 0 bridgehead atoms. The number of alkyl carbamates (subject to hydrolysis) is 1. The molecule has 0 spiro atoms. The summed E-state index contributed by atoms with van der Waals surface area (Å²) in [5.74, 6) is 0.604. The van der Waals surface area contributed by atoms with Gasteiger partial charge in [-0.25, -0.2) is 9.78 Å². The molecule has 3 amide bonds. The van der Waals surface area contributed by atoms with Crippen LogP contribution in [-0.4, -0.2) is 96.4 Å². The number of imidazole rings is 1. The quantitative estimate of drug-likeness (QED) is 0.119. The highest BCUT2D eigenvalue weighted by molar-refractivity contribution is 6.78. The Morgan fingerprint density at radius 3 is 2.33 bits per heavy atom. The van der Waals surface area contributed by atoms with Crippen LogP contribution in [0.15, 0.2) is 65.8 Å². The van der Waals surface area contributed by atoms with Crippen molar-refractivity contribution < 1.29 is 28.7 Å². The van der Waals surface area contributed by atoms with Crippen molar-refractivity contribution in [3.05, 3.63) is 72.2 Å². The molecule has 3 aliphatic heterocycles. The number of H-pyrrole nitrogens is 1. The smallest absolute Gasteiger partial charge is 0.407 e. The van der Waals surface area contributed by atoms with Crippen molar-refractivity contribution in [1.29, 1.82) is 0 Å². The fraction of sp³-hybridized carbons (Fsp3) is 0.467. The first kappa shape index (κ1) is 38.2. The van der Waals surface area contributed by atoms with E-state index in [1.165, 1.54) is 25.2 Å². The van der Waals surface area contributed by atoms with Crippen LogP contribution in [0.2, 0.25) is 19.1 Å². The highest BCUT2D eigenvalue weighted by Crippen LogP contribution is 2.43. The van der Waals surface area contributed by atoms with E-state index in [-0.39, 0.29) is 54.0 Å². The molecule has 4 atom stereocenters. The predicted octanol–water partition coefficient (Wildman–Crippen LogP) is 7.37. The molecule has 0 unspecified atom stereocenters. The first-order valence-electron chi connectivity index (χ1n) is 20.8. The summed E-state index contributed by atoms with van der Waals surface area (Å²) >= 11 is 0. The summed E-state index contributed by atoms with van der Waals surface area (Å²) in [5.41, 5.74) is 7.34. The van der Waals surface area contributed by atoms with Gasteiger partial charge in [0.25, 0.3) is 0 Å². The molecule has 12 nitrogen and oxygen atoms in total. The lowest BCUT2D eigenvalue weighted by atomic mass is 9.94. The van der Waals surface area contributed by atoms with Crippen molar-refractivity contribution in [2.45, 2.75) is 88.6 Å². The van der Waals surface area contributed by atoms with Crippen LogP contribution in [0.3, 0.4) is 0 Å². The van der Waals surface area contributed by atoms with E-state index in [0.29, 0.717) is 13.0 Å². The second-order valence-electron chi connectivity index (χ2n) is 17.8. The Labute approximate surface area is 339 Å². The second-order valence-corrected chi connectivity index (χ2v) is 22.8. The van der Waals surface area contributed by atoms with Crippen molar-refractivity contribution in [1.82, 2.24) is 25.1 Å². The highest BCUT2D eigenvalue weighted by atomic mass is 28.3. The number of ether oxygens (including phenoxy) is 2. The lowest BCUT2D eigenvalue weighted by Crippen LogP contribution is -2.50. The number of fused-ring (bicyclic) bond motifs is 3. The minimum atomic E-state index is -1.72. The first-order valence-corrected chi connectivity index (χ1v) is 24.2. The van der Waals surface area contributed by atoms with Gasteiger partial charge >= 0.3 is 12.1 Å². The van der Waals surface area contributed by atoms with Crippen LogP contribution in [0, 0.1) is 17.8 Å². The third-order valence-corrected chi connectivity index (χ3v) is 15.7. The van der Waals surface area contributed by atoms with Gasteiger partial charge in [0, 0.05) is 24.8 Å². The zero-order chi connectivity index (χ0) is 40.3. The van der Waals surface area contributed by atoms with Crippen LogP contribution in [0.1, 0.15) is 62.4 Å². The van der Waals surface area contributed by atoms with E-state index in [9.17, 15) is 19.2 Å². The number of aromatic nitrogens is 2. The lowest BCUT2D eigenvalue weighted by molar-refractivity contribution is -0.147. The van der Waals surface area contributed by atoms with Gasteiger partial charge in [0.2, 0.25) is 11.8 Å². The monoisotopic (exact) mass is 800 g/mol. The number of likely N-dealkylation sites (tertiary alicyclic amines) is 1. The zero-order valence-electron chi connectivity index (χ0n) is 33.8. The highest BCUT2D eigenvalue weighted by Gasteiger charge is 2.48. The minimum Gasteiger partial charge on any atom is -0.469 e. The van der Waals surface area contributed by atoms with Crippen molar-refractivity contribution >= 4 is 54.1 Å². The van der Waals surface area contributed by atoms with Crippen molar-refractivity contribution in [2.75, 3.05) is 26.9 Å². The predicted molar refractivity (Wildman–Crippen MR) is 224 cm³/mol. The number of aromatic amines is 1. The van der Waals surface area contributed by atoms with E-state index in [1.807, 2.05) is 16.0 Å². The largest absolute Gasteiger partial charge is 0.469 e. The molecule has 1 aromatic heterocycles. The number of hydrogen-bond acceptors (Lipinski definition) is 8. The van der Waals surface area contributed by atoms with Crippen molar-refractivity contribution in [3.8, 4) is 22.4 Å². The van der Waals surface area contributed by atoms with Crippen LogP contribution in [0.5, 0.6) is 0 Å². The molecule has 4 aromatic rings. The molecule has 3 aromatic carbocycles. The molecule has 4 heterocycles. The third-order valence-electron chi connectivity index (χ3n) is 13.0. The van der Waals surface area contributed by atoms with Gasteiger partial charge in [-0.15, -0.1) is 0 Å². The number of methoxy groups -OCH3 is 2. The Balaban J connectivity index is 0.889. The molecule has 4 fully saturated rings. The summed E-state index contributed by atoms with van der Waals surface area (Å²) in [6.45, 7) is 5.30. The Morgan fingerprint density at radius 1 is 0.862 bits per heavy atom. The number of benzene rings is 3. The van der Waals surface area contributed by atoms with Gasteiger partial charge in [0.1, 0.15) is 11.9 Å². The van der Waals surface area contributed by atoms with Crippen LogP contribution in [0.25, 0.3) is 33.2 Å². The average molecular weight is 801 g/mol. The number of aliphatic imine (C=N–C) groups is 1. The minimum absolute atomic E-state index is 0.0408. The summed E-state index contributed by atoms with van der Waals surface area (Å²) < 4.78 is 9.78. The van der Waals surface area contributed by atoms with Gasteiger partial charge in [0.15, 0.2) is 0 Å². The van der Waals surface area contributed by atoms with Gasteiger partial charge < -0.3 is 29.6 Å². The van der Waals surface area contributed by atoms with E-state index in [1.54, 1.807) is 0 Å². The van der Waals surface area contributed by atoms with E-state index in [0.717, 1.165) is 95.7 Å². The number of amides is 3. The summed E-state index contributed by atoms with van der Waals surface area (Å²) in [6, 6.07) is 19.4. The average Bonchev–Trinajstić information content (AvgIpc) is 4.04. The normalized spacial score (nSPS) is 22.0. The van der Waals surface area contributed by atoms with Gasteiger partial charge in [-0.2, -0.15) is 0 Å². The van der Waals surface area contributed by atoms with Gasteiger partial charge in [0.05, 0.1) is 64.3 Å². The number of hydrogen-bond donors (Lipinski definition) is 2. The maximum absolute atomic E-state index is 13.9. The fourth-order valence-corrected chi connectivity index (χ4v) is 12.5. The molecule has 58 heavy (non-hydrogen) atoms. The molecule has 9 rings (SSSR count). The zero-order valence-corrected chi connectivity index (χ0v) is 34.8. The second kappa shape index (κ2) is 15.1. The molecule has 302 valence electrons. The molecule has 2 aliphatic carbocycles. The molecule has 5 aliphatic rings. The van der Waals surface area contributed by atoms with Gasteiger partial charge in [-0.05, 0) is 102 Å². The number of esters is 1. The summed E-state index contributed by atoms with van der Waals surface area (Å²) in [7, 11) is 0.992. The topological polar surface area (TPSA) is 146 Å². The van der Waals surface area contributed by atoms with Crippen LogP contribution < -0.4 is 5.32 Å². The molecular weight excluding hydrogens is 749 g/mol. The SMILES string of the molecule is COC(=O)C[C@H](C(=O)N1CCC[C@H]1C1=Nc2ccc3cc(-c4ccc(-c5cnc([C@@H]6C[Si](C)(C)CN6C(=O)[C@@H](NC(=O)OC)C6CC6)[nH]5)cc4)ccc3c2C1)C1CC1. The molecule has 2 N–H and O–H groups in total. The molecule has 2 saturated heterocycles.